The molecule has 0 aromatic heterocycles. The molecule has 19 heavy (non-hydrogen) atoms. The van der Waals surface area contributed by atoms with Crippen molar-refractivity contribution in [1.82, 2.24) is 5.32 Å². The van der Waals surface area contributed by atoms with Crippen LogP contribution in [0.2, 0.25) is 24.7 Å². The van der Waals surface area contributed by atoms with E-state index in [1.165, 1.54) is 0 Å². The van der Waals surface area contributed by atoms with Gasteiger partial charge < -0.3 is 10.1 Å². The summed E-state index contributed by atoms with van der Waals surface area (Å²) in [7, 11) is -1.60. The molecule has 1 aromatic rings. The molecule has 1 rings (SSSR count). The third kappa shape index (κ3) is 4.64. The predicted octanol–water partition coefficient (Wildman–Crippen LogP) is 2.65. The van der Waals surface area contributed by atoms with Crippen LogP contribution in [0.25, 0.3) is 0 Å². The summed E-state index contributed by atoms with van der Waals surface area (Å²) < 4.78 is 5.21. The van der Waals surface area contributed by atoms with Gasteiger partial charge in [0.2, 0.25) is 0 Å². The highest BCUT2D eigenvalue weighted by atomic mass is 35.5. The molecule has 0 saturated heterocycles. The molecule has 5 heteroatoms. The summed E-state index contributed by atoms with van der Waals surface area (Å²) in [6, 6.07) is 5.69. The van der Waals surface area contributed by atoms with E-state index in [9.17, 15) is 4.79 Å². The van der Waals surface area contributed by atoms with Gasteiger partial charge in [-0.05, 0) is 18.2 Å². The number of amides is 1. The quantitative estimate of drug-likeness (QED) is 0.648. The van der Waals surface area contributed by atoms with Gasteiger partial charge in [-0.2, -0.15) is 0 Å². The lowest BCUT2D eigenvalue weighted by Crippen LogP contribution is -2.44. The molecule has 0 aliphatic heterocycles. The fourth-order valence-electron chi connectivity index (χ4n) is 1.85. The number of nitrogens with one attached hydrogen (secondary N) is 1. The minimum atomic E-state index is -1.60. The van der Waals surface area contributed by atoms with E-state index in [0.717, 1.165) is 5.19 Å². The first-order chi connectivity index (χ1) is 8.88. The first-order valence-corrected chi connectivity index (χ1v) is 10.4. The van der Waals surface area contributed by atoms with E-state index in [1.807, 2.05) is 19.1 Å². The normalized spacial score (nSPS) is 11.4. The second-order valence-electron chi connectivity index (χ2n) is 5.37. The van der Waals surface area contributed by atoms with Crippen molar-refractivity contribution in [1.29, 1.82) is 0 Å². The topological polar surface area (TPSA) is 38.3 Å². The molecule has 0 bridgehead atoms. The number of rotatable bonds is 6. The Labute approximate surface area is 121 Å². The van der Waals surface area contributed by atoms with E-state index in [0.29, 0.717) is 30.3 Å². The van der Waals surface area contributed by atoms with Crippen LogP contribution in [-0.2, 0) is 4.74 Å². The Morgan fingerprint density at radius 1 is 1.37 bits per heavy atom. The number of hydrogen-bond acceptors (Lipinski definition) is 2. The Bertz CT molecular complexity index is 444. The maximum atomic E-state index is 12.3. The summed E-state index contributed by atoms with van der Waals surface area (Å²) in [5.41, 5.74) is 0.625. The van der Waals surface area contributed by atoms with Crippen molar-refractivity contribution in [2.45, 2.75) is 26.6 Å². The van der Waals surface area contributed by atoms with Crippen molar-refractivity contribution >= 4 is 30.8 Å². The summed E-state index contributed by atoms with van der Waals surface area (Å²) in [6.07, 6.45) is 0. The molecule has 106 valence electrons. The molecular formula is C14H22ClNO2Si. The molecule has 1 N–H and O–H groups in total. The summed E-state index contributed by atoms with van der Waals surface area (Å²) in [5.74, 6) is -0.109. The average molecular weight is 300 g/mol. The zero-order valence-corrected chi connectivity index (χ0v) is 13.8. The van der Waals surface area contributed by atoms with Crippen molar-refractivity contribution in [2.24, 2.45) is 0 Å². The highest BCUT2D eigenvalue weighted by Crippen LogP contribution is 2.17. The van der Waals surface area contributed by atoms with E-state index in [2.05, 4.69) is 25.0 Å². The molecule has 0 aliphatic carbocycles. The fourth-order valence-corrected chi connectivity index (χ4v) is 3.78. The molecule has 0 unspecified atom stereocenters. The summed E-state index contributed by atoms with van der Waals surface area (Å²) in [4.78, 5) is 12.3. The summed E-state index contributed by atoms with van der Waals surface area (Å²) in [6.45, 7) is 10.2. The smallest absolute Gasteiger partial charge is 0.252 e. The number of halogens is 1. The summed E-state index contributed by atoms with van der Waals surface area (Å²) >= 11 is 6.20. The number of carbonyl (C=O) groups excluding carboxylic acids is 1. The molecule has 1 amide bonds. The molecule has 0 heterocycles. The van der Waals surface area contributed by atoms with Gasteiger partial charge in [-0.15, -0.1) is 0 Å². The third-order valence-corrected chi connectivity index (χ3v) is 5.13. The van der Waals surface area contributed by atoms with Gasteiger partial charge in [0.15, 0.2) is 0 Å². The van der Waals surface area contributed by atoms with Crippen LogP contribution in [0.15, 0.2) is 18.2 Å². The van der Waals surface area contributed by atoms with Gasteiger partial charge >= 0.3 is 0 Å². The van der Waals surface area contributed by atoms with Crippen molar-refractivity contribution in [3.05, 3.63) is 28.8 Å². The first kappa shape index (κ1) is 16.2. The van der Waals surface area contributed by atoms with E-state index >= 15 is 0 Å². The fraction of sp³-hybridized carbons (Fsp3) is 0.500. The van der Waals surface area contributed by atoms with Crippen LogP contribution >= 0.6 is 11.6 Å². The molecule has 3 nitrogen and oxygen atoms in total. The second-order valence-corrected chi connectivity index (χ2v) is 10.8. The Morgan fingerprint density at radius 3 is 2.63 bits per heavy atom. The number of carbonyl (C=O) groups is 1. The molecular weight excluding hydrogens is 278 g/mol. The SMILES string of the molecule is CCOCCNC(=O)c1c(Cl)cccc1[Si](C)(C)C. The van der Waals surface area contributed by atoms with E-state index in [1.54, 1.807) is 6.07 Å². The van der Waals surface area contributed by atoms with Crippen molar-refractivity contribution in [2.75, 3.05) is 19.8 Å². The molecule has 0 atom stereocenters. The van der Waals surface area contributed by atoms with E-state index in [-0.39, 0.29) is 5.91 Å². The average Bonchev–Trinajstić information content (AvgIpc) is 2.33. The summed E-state index contributed by atoms with van der Waals surface area (Å²) in [5, 5.41) is 4.47. The van der Waals surface area contributed by atoms with Crippen LogP contribution in [0.1, 0.15) is 17.3 Å². The van der Waals surface area contributed by atoms with Crippen molar-refractivity contribution < 1.29 is 9.53 Å². The van der Waals surface area contributed by atoms with Crippen LogP contribution < -0.4 is 10.5 Å². The Hall–Kier alpha value is -0.843. The lowest BCUT2D eigenvalue weighted by molar-refractivity contribution is 0.0923. The minimum absolute atomic E-state index is 0.109. The number of ether oxygens (including phenoxy) is 1. The highest BCUT2D eigenvalue weighted by molar-refractivity contribution is 6.89. The Morgan fingerprint density at radius 2 is 2.05 bits per heavy atom. The van der Waals surface area contributed by atoms with Gasteiger partial charge in [-0.3, -0.25) is 4.79 Å². The van der Waals surface area contributed by atoms with Gasteiger partial charge in [0.25, 0.3) is 5.91 Å². The van der Waals surface area contributed by atoms with Crippen molar-refractivity contribution in [3.8, 4) is 0 Å². The first-order valence-electron chi connectivity index (χ1n) is 6.53. The third-order valence-electron chi connectivity index (χ3n) is 2.78. The molecule has 0 fully saturated rings. The number of benzene rings is 1. The highest BCUT2D eigenvalue weighted by Gasteiger charge is 2.25. The maximum Gasteiger partial charge on any atom is 0.252 e. The second kappa shape index (κ2) is 7.08. The zero-order chi connectivity index (χ0) is 14.5. The van der Waals surface area contributed by atoms with Crippen LogP contribution in [0.5, 0.6) is 0 Å². The number of hydrogen-bond donors (Lipinski definition) is 1. The van der Waals surface area contributed by atoms with Gasteiger partial charge in [-0.25, -0.2) is 0 Å². The van der Waals surface area contributed by atoms with Crippen LogP contribution in [0.4, 0.5) is 0 Å². The molecule has 0 saturated carbocycles. The van der Waals surface area contributed by atoms with Crippen LogP contribution in [0, 0.1) is 0 Å². The van der Waals surface area contributed by atoms with Crippen molar-refractivity contribution in [3.63, 3.8) is 0 Å². The van der Waals surface area contributed by atoms with Gasteiger partial charge in [-0.1, -0.05) is 43.4 Å². The van der Waals surface area contributed by atoms with E-state index < -0.39 is 8.07 Å². The van der Waals surface area contributed by atoms with Gasteiger partial charge in [0.1, 0.15) is 0 Å². The van der Waals surface area contributed by atoms with Crippen LogP contribution in [0.3, 0.4) is 0 Å². The van der Waals surface area contributed by atoms with Gasteiger partial charge in [0, 0.05) is 13.2 Å². The van der Waals surface area contributed by atoms with Gasteiger partial charge in [0.05, 0.1) is 25.3 Å². The molecule has 0 aliphatic rings. The molecule has 0 spiro atoms. The molecule has 1 aromatic carbocycles. The largest absolute Gasteiger partial charge is 0.380 e. The Kier molecular flexibility index (Phi) is 6.04. The maximum absolute atomic E-state index is 12.3. The minimum Gasteiger partial charge on any atom is -0.380 e. The van der Waals surface area contributed by atoms with Crippen LogP contribution in [-0.4, -0.2) is 33.7 Å². The lowest BCUT2D eigenvalue weighted by Gasteiger charge is -2.21. The monoisotopic (exact) mass is 299 g/mol. The standard InChI is InChI=1S/C14H22ClNO2Si/c1-5-18-10-9-16-14(17)13-11(15)7-6-8-12(13)19(2,3)4/h6-8H,5,9-10H2,1-4H3,(H,16,17). The zero-order valence-electron chi connectivity index (χ0n) is 12.0. The van der Waals surface area contributed by atoms with E-state index in [4.69, 9.17) is 16.3 Å². The predicted molar refractivity (Wildman–Crippen MR) is 83.3 cm³/mol. The lowest BCUT2D eigenvalue weighted by atomic mass is 10.2. The molecule has 0 radical (unpaired) electrons. The Balaban J connectivity index is 2.90.